The second-order valence-corrected chi connectivity index (χ2v) is 3.33. The number of nitriles is 1. The van der Waals surface area contributed by atoms with Gasteiger partial charge in [-0.1, -0.05) is 35.9 Å². The predicted octanol–water partition coefficient (Wildman–Crippen LogP) is 2.28. The van der Waals surface area contributed by atoms with Gasteiger partial charge in [-0.2, -0.15) is 5.26 Å². The summed E-state index contributed by atoms with van der Waals surface area (Å²) >= 11 is 0. The van der Waals surface area contributed by atoms with Crippen LogP contribution in [-0.4, -0.2) is 10.7 Å². The number of rotatable bonds is 0. The zero-order chi connectivity index (χ0) is 10.3. The lowest BCUT2D eigenvalue weighted by Gasteiger charge is -2.00. The topological polar surface area (TPSA) is 44.0 Å². The van der Waals surface area contributed by atoms with Crippen LogP contribution in [0.4, 0.5) is 0 Å². The fourth-order valence-corrected chi connectivity index (χ4v) is 0.534. The van der Waals surface area contributed by atoms with Crippen molar-refractivity contribution in [3.8, 4) is 6.07 Å². The maximum absolute atomic E-state index is 8.47. The van der Waals surface area contributed by atoms with E-state index >= 15 is 0 Å². The Balaban J connectivity index is 0.000000226. The van der Waals surface area contributed by atoms with E-state index in [1.165, 1.54) is 19.4 Å². The van der Waals surface area contributed by atoms with E-state index in [-0.39, 0.29) is 0 Å². The Morgan fingerprint density at radius 1 is 1.23 bits per heavy atom. The monoisotopic (exact) mass is 177 g/mol. The fourth-order valence-electron chi connectivity index (χ4n) is 0.534. The first-order valence-electron chi connectivity index (χ1n) is 4.11. The number of nitrogens with zero attached hydrogens (tertiary/aromatic N) is 1. The van der Waals surface area contributed by atoms with E-state index < -0.39 is 5.60 Å². The smallest absolute Gasteiger partial charge is 0.145 e. The Hall–Kier alpha value is -1.33. The van der Waals surface area contributed by atoms with Crippen LogP contribution in [0, 0.1) is 18.3 Å². The van der Waals surface area contributed by atoms with Crippen molar-refractivity contribution < 1.29 is 5.11 Å². The summed E-state index contributed by atoms with van der Waals surface area (Å²) in [6.07, 6.45) is 0. The molecule has 70 valence electrons. The summed E-state index contributed by atoms with van der Waals surface area (Å²) in [5.74, 6) is 0. The van der Waals surface area contributed by atoms with Gasteiger partial charge >= 0.3 is 0 Å². The van der Waals surface area contributed by atoms with Gasteiger partial charge in [0.1, 0.15) is 5.60 Å². The van der Waals surface area contributed by atoms with Gasteiger partial charge in [0.2, 0.25) is 0 Å². The van der Waals surface area contributed by atoms with Crippen LogP contribution in [0.1, 0.15) is 19.4 Å². The number of aliphatic hydroxyl groups is 1. The molecule has 1 rings (SSSR count). The maximum atomic E-state index is 8.47. The summed E-state index contributed by atoms with van der Waals surface area (Å²) < 4.78 is 0. The summed E-state index contributed by atoms with van der Waals surface area (Å²) in [6, 6.07) is 11.9. The van der Waals surface area contributed by atoms with Crippen molar-refractivity contribution in [2.75, 3.05) is 0 Å². The third-order valence-electron chi connectivity index (χ3n) is 1.21. The third-order valence-corrected chi connectivity index (χ3v) is 1.21. The molecule has 0 saturated heterocycles. The van der Waals surface area contributed by atoms with Crippen LogP contribution in [0.3, 0.4) is 0 Å². The predicted molar refractivity (Wildman–Crippen MR) is 53.1 cm³/mol. The molecule has 13 heavy (non-hydrogen) atoms. The molecule has 1 N–H and O–H groups in total. The molecule has 1 aromatic carbocycles. The van der Waals surface area contributed by atoms with Crippen LogP contribution in [0.2, 0.25) is 0 Å². The highest BCUT2D eigenvalue weighted by Crippen LogP contribution is 1.94. The molecule has 0 unspecified atom stereocenters. The van der Waals surface area contributed by atoms with E-state index in [0.717, 1.165) is 0 Å². The second kappa shape index (κ2) is 5.34. The SMILES string of the molecule is CC(C)(O)C#N.Cc1ccccc1. The van der Waals surface area contributed by atoms with Crippen LogP contribution in [0.15, 0.2) is 30.3 Å². The van der Waals surface area contributed by atoms with Gasteiger partial charge in [-0.15, -0.1) is 0 Å². The lowest BCUT2D eigenvalue weighted by Crippen LogP contribution is -2.13. The van der Waals surface area contributed by atoms with E-state index in [1.807, 2.05) is 18.2 Å². The number of hydrogen-bond donors (Lipinski definition) is 1. The zero-order valence-corrected chi connectivity index (χ0v) is 8.28. The van der Waals surface area contributed by atoms with Crippen molar-refractivity contribution in [1.29, 1.82) is 5.26 Å². The highest BCUT2D eigenvalue weighted by atomic mass is 16.3. The number of hydrogen-bond acceptors (Lipinski definition) is 2. The minimum absolute atomic E-state index is 1.15. The molecular weight excluding hydrogens is 162 g/mol. The standard InChI is InChI=1S/C7H8.C4H7NO/c1-7-5-3-2-4-6-7;1-4(2,6)3-5/h2-6H,1H3;6H,1-2H3. The summed E-state index contributed by atoms with van der Waals surface area (Å²) in [6.45, 7) is 4.96. The average molecular weight is 177 g/mol. The molecule has 0 atom stereocenters. The molecule has 0 bridgehead atoms. The molecular formula is C11H15NO. The molecule has 0 amide bonds. The van der Waals surface area contributed by atoms with E-state index in [1.54, 1.807) is 6.07 Å². The molecule has 0 spiro atoms. The number of aryl methyl sites for hydroxylation is 1. The first kappa shape index (κ1) is 11.7. The van der Waals surface area contributed by atoms with E-state index in [9.17, 15) is 0 Å². The minimum Gasteiger partial charge on any atom is -0.376 e. The van der Waals surface area contributed by atoms with E-state index in [0.29, 0.717) is 0 Å². The van der Waals surface area contributed by atoms with Gasteiger partial charge < -0.3 is 5.11 Å². The van der Waals surface area contributed by atoms with Crippen molar-refractivity contribution in [2.45, 2.75) is 26.4 Å². The van der Waals surface area contributed by atoms with Crippen molar-refractivity contribution in [3.63, 3.8) is 0 Å². The Kier molecular flexibility index (Phi) is 4.79. The summed E-state index contributed by atoms with van der Waals surface area (Å²) in [7, 11) is 0. The molecule has 0 saturated carbocycles. The van der Waals surface area contributed by atoms with E-state index in [2.05, 4.69) is 19.1 Å². The minimum atomic E-state index is -1.15. The molecule has 0 aliphatic heterocycles. The molecule has 1 aromatic rings. The van der Waals surface area contributed by atoms with Gasteiger partial charge in [0.05, 0.1) is 6.07 Å². The van der Waals surface area contributed by atoms with Crippen LogP contribution in [-0.2, 0) is 0 Å². The summed E-state index contributed by atoms with van der Waals surface area (Å²) in [4.78, 5) is 0. The molecule has 0 aliphatic rings. The van der Waals surface area contributed by atoms with Gasteiger partial charge in [0, 0.05) is 0 Å². The van der Waals surface area contributed by atoms with Crippen molar-refractivity contribution in [1.82, 2.24) is 0 Å². The highest BCUT2D eigenvalue weighted by Gasteiger charge is 2.07. The largest absolute Gasteiger partial charge is 0.376 e. The lowest BCUT2D eigenvalue weighted by atomic mass is 10.2. The third kappa shape index (κ3) is 8.58. The zero-order valence-electron chi connectivity index (χ0n) is 8.28. The lowest BCUT2D eigenvalue weighted by molar-refractivity contribution is 0.141. The summed E-state index contributed by atoms with van der Waals surface area (Å²) in [5, 5.41) is 16.4. The Morgan fingerprint density at radius 3 is 1.77 bits per heavy atom. The first-order chi connectivity index (χ1) is 5.95. The van der Waals surface area contributed by atoms with Crippen molar-refractivity contribution >= 4 is 0 Å². The Morgan fingerprint density at radius 2 is 1.62 bits per heavy atom. The van der Waals surface area contributed by atoms with E-state index in [4.69, 9.17) is 10.4 Å². The van der Waals surface area contributed by atoms with Crippen LogP contribution in [0.5, 0.6) is 0 Å². The fraction of sp³-hybridized carbons (Fsp3) is 0.364. The van der Waals surface area contributed by atoms with Gasteiger partial charge in [0.15, 0.2) is 0 Å². The molecule has 0 radical (unpaired) electrons. The van der Waals surface area contributed by atoms with Crippen LogP contribution < -0.4 is 0 Å². The van der Waals surface area contributed by atoms with Crippen LogP contribution >= 0.6 is 0 Å². The average Bonchev–Trinajstić information content (AvgIpc) is 2.06. The molecule has 2 nitrogen and oxygen atoms in total. The highest BCUT2D eigenvalue weighted by molar-refractivity contribution is 5.11. The first-order valence-corrected chi connectivity index (χ1v) is 4.11. The van der Waals surface area contributed by atoms with Gasteiger partial charge in [-0.25, -0.2) is 0 Å². The van der Waals surface area contributed by atoms with Gasteiger partial charge in [-0.3, -0.25) is 0 Å². The normalized spacial score (nSPS) is 9.46. The summed E-state index contributed by atoms with van der Waals surface area (Å²) in [5.41, 5.74) is 0.169. The Bertz CT molecular complexity index is 266. The van der Waals surface area contributed by atoms with Crippen molar-refractivity contribution in [3.05, 3.63) is 35.9 Å². The quantitative estimate of drug-likeness (QED) is 0.618. The molecule has 0 fully saturated rings. The van der Waals surface area contributed by atoms with Crippen molar-refractivity contribution in [2.24, 2.45) is 0 Å². The second-order valence-electron chi connectivity index (χ2n) is 3.33. The van der Waals surface area contributed by atoms with Gasteiger partial charge in [-0.05, 0) is 20.8 Å². The van der Waals surface area contributed by atoms with Crippen LogP contribution in [0.25, 0.3) is 0 Å². The molecule has 0 aromatic heterocycles. The maximum Gasteiger partial charge on any atom is 0.145 e. The molecule has 0 aliphatic carbocycles. The molecule has 0 heterocycles. The Labute approximate surface area is 79.4 Å². The number of benzene rings is 1. The molecule has 2 heteroatoms. The van der Waals surface area contributed by atoms with Gasteiger partial charge in [0.25, 0.3) is 0 Å².